The van der Waals surface area contributed by atoms with Crippen LogP contribution < -0.4 is 9.47 Å². The molecule has 1 atom stereocenters. The zero-order valence-corrected chi connectivity index (χ0v) is 31.2. The minimum Gasteiger partial charge on any atom is -0.481 e. The smallest absolute Gasteiger partial charge is 0.310 e. The number of fused-ring (bicyclic) bond motifs is 2. The van der Waals surface area contributed by atoms with Gasteiger partial charge >= 0.3 is 5.97 Å². The summed E-state index contributed by atoms with van der Waals surface area (Å²) in [5, 5.41) is 18.2. The van der Waals surface area contributed by atoms with Crippen LogP contribution in [0.5, 0.6) is 11.8 Å². The number of nitrogens with zero attached hydrogens (tertiary/aromatic N) is 7. The van der Waals surface area contributed by atoms with Crippen LogP contribution in [-0.4, -0.2) is 97.0 Å². The highest BCUT2D eigenvalue weighted by Gasteiger charge is 2.43. The van der Waals surface area contributed by atoms with E-state index >= 15 is 0 Å². The molecular formula is C39H49F2N7O5. The molecule has 2 fully saturated rings. The molecule has 1 N–H and O–H groups in total. The summed E-state index contributed by atoms with van der Waals surface area (Å²) in [6.07, 6.45) is 2.57. The summed E-state index contributed by atoms with van der Waals surface area (Å²) in [6.45, 7) is 15.6. The molecule has 0 amide bonds. The molecule has 1 spiro atoms. The lowest BCUT2D eigenvalue weighted by molar-refractivity contribution is -0.147. The van der Waals surface area contributed by atoms with E-state index in [0.717, 1.165) is 42.0 Å². The Kier molecular flexibility index (Phi) is 10.4. The second-order valence-electron chi connectivity index (χ2n) is 15.4. The van der Waals surface area contributed by atoms with Gasteiger partial charge in [0.05, 0.1) is 24.3 Å². The summed E-state index contributed by atoms with van der Waals surface area (Å²) in [5.41, 5.74) is 3.90. The quantitative estimate of drug-likeness (QED) is 0.194. The molecule has 53 heavy (non-hydrogen) atoms. The van der Waals surface area contributed by atoms with Gasteiger partial charge in [0.1, 0.15) is 12.2 Å². The van der Waals surface area contributed by atoms with Crippen molar-refractivity contribution in [2.75, 3.05) is 46.0 Å². The largest absolute Gasteiger partial charge is 0.481 e. The predicted molar refractivity (Wildman–Crippen MR) is 193 cm³/mol. The first-order chi connectivity index (χ1) is 25.3. The number of ether oxygens (including phenoxy) is 3. The lowest BCUT2D eigenvalue weighted by atomic mass is 9.72. The molecule has 4 aromatic heterocycles. The number of rotatable bonds is 11. The Labute approximate surface area is 308 Å². The van der Waals surface area contributed by atoms with E-state index in [2.05, 4.69) is 26.1 Å². The van der Waals surface area contributed by atoms with E-state index in [9.17, 15) is 18.7 Å². The van der Waals surface area contributed by atoms with Crippen LogP contribution in [0.4, 0.5) is 8.78 Å². The molecule has 0 bridgehead atoms. The van der Waals surface area contributed by atoms with Crippen molar-refractivity contribution in [3.63, 3.8) is 0 Å². The fourth-order valence-electron chi connectivity index (χ4n) is 8.06. The number of carbonyl (C=O) groups is 1. The lowest BCUT2D eigenvalue weighted by Crippen LogP contribution is -2.49. The van der Waals surface area contributed by atoms with Gasteiger partial charge in [0.25, 0.3) is 6.43 Å². The fraction of sp³-hybridized carbons (Fsp3) is 0.564. The Morgan fingerprint density at radius 2 is 1.79 bits per heavy atom. The third-order valence-electron chi connectivity index (χ3n) is 11.2. The molecule has 12 nitrogen and oxygen atoms in total. The topological polar surface area (TPSA) is 127 Å². The normalized spacial score (nSPS) is 18.6. The van der Waals surface area contributed by atoms with Gasteiger partial charge in [-0.05, 0) is 95.4 Å². The van der Waals surface area contributed by atoms with Crippen molar-refractivity contribution < 1.29 is 32.9 Å². The van der Waals surface area contributed by atoms with E-state index in [0.29, 0.717) is 80.9 Å². The van der Waals surface area contributed by atoms with E-state index in [1.54, 1.807) is 26.8 Å². The molecule has 14 heteroatoms. The zero-order chi connectivity index (χ0) is 37.5. The second kappa shape index (κ2) is 14.9. The number of carboxylic acids is 1. The number of aromatic nitrogens is 5. The Hall–Kier alpha value is -4.27. The predicted octanol–water partition coefficient (Wildman–Crippen LogP) is 6.04. The Morgan fingerprint density at radius 1 is 1.04 bits per heavy atom. The molecule has 0 saturated carbocycles. The minimum absolute atomic E-state index is 0.255. The van der Waals surface area contributed by atoms with Gasteiger partial charge < -0.3 is 19.3 Å². The average Bonchev–Trinajstić information content (AvgIpc) is 3.78. The highest BCUT2D eigenvalue weighted by molar-refractivity contribution is 5.76. The molecule has 0 aromatic carbocycles. The van der Waals surface area contributed by atoms with Gasteiger partial charge in [-0.15, -0.1) is 10.2 Å². The second-order valence-corrected chi connectivity index (χ2v) is 15.4. The molecule has 4 aromatic rings. The molecule has 0 aliphatic carbocycles. The van der Waals surface area contributed by atoms with E-state index < -0.39 is 35.2 Å². The van der Waals surface area contributed by atoms with Crippen LogP contribution in [0.25, 0.3) is 5.65 Å². The first-order valence-corrected chi connectivity index (χ1v) is 18.5. The van der Waals surface area contributed by atoms with Crippen LogP contribution in [-0.2, 0) is 22.6 Å². The number of hydrogen-bond acceptors (Lipinski definition) is 10. The molecule has 7 rings (SSSR count). The Bertz CT molecular complexity index is 1970. The number of aryl methyl sites for hydroxylation is 3. The number of alkyl halides is 2. The maximum atomic E-state index is 13.7. The maximum Gasteiger partial charge on any atom is 0.310 e. The molecule has 3 aliphatic rings. The average molecular weight is 734 g/mol. The van der Waals surface area contributed by atoms with Crippen molar-refractivity contribution in [3.8, 4) is 11.8 Å². The number of hydrogen-bond donors (Lipinski definition) is 1. The number of carboxylic acid groups (broad SMARTS) is 1. The van der Waals surface area contributed by atoms with E-state index in [1.807, 2.05) is 26.0 Å². The Morgan fingerprint density at radius 3 is 2.51 bits per heavy atom. The summed E-state index contributed by atoms with van der Waals surface area (Å²) in [7, 11) is 0. The number of aliphatic carboxylic acids is 1. The highest BCUT2D eigenvalue weighted by atomic mass is 19.3. The first-order valence-electron chi connectivity index (χ1n) is 18.5. The Balaban J connectivity index is 1.21. The van der Waals surface area contributed by atoms with Gasteiger partial charge in [-0.25, -0.2) is 8.78 Å². The van der Waals surface area contributed by atoms with Crippen LogP contribution >= 0.6 is 0 Å². The molecule has 0 radical (unpaired) electrons. The van der Waals surface area contributed by atoms with Crippen molar-refractivity contribution in [1.29, 1.82) is 0 Å². The van der Waals surface area contributed by atoms with E-state index in [4.69, 9.17) is 24.2 Å². The summed E-state index contributed by atoms with van der Waals surface area (Å²) in [5.74, 6) is -1.00. The highest BCUT2D eigenvalue weighted by Crippen LogP contribution is 2.43. The van der Waals surface area contributed by atoms with Gasteiger partial charge in [-0.2, -0.15) is 4.98 Å². The molecule has 2 saturated heterocycles. The summed E-state index contributed by atoms with van der Waals surface area (Å²) in [4.78, 5) is 27.7. The lowest BCUT2D eigenvalue weighted by Gasteiger charge is -2.38. The van der Waals surface area contributed by atoms with Crippen LogP contribution in [0.1, 0.15) is 96.9 Å². The van der Waals surface area contributed by atoms with Gasteiger partial charge in [-0.3, -0.25) is 24.0 Å². The molecule has 7 heterocycles. The summed E-state index contributed by atoms with van der Waals surface area (Å²) in [6, 6.07) is 7.65. The SMILES string of the molecule is Cc1ccc([C@@H](c2ccn3c(C(F)F)nnc3c2C)C(C)(C)C(=O)O)nc1CN1Cc2cc(C)c(OCCN3CCCC3)nc2OC2(CCOCC2)C1. The zero-order valence-electron chi connectivity index (χ0n) is 31.2. The van der Waals surface area contributed by atoms with Crippen molar-refractivity contribution in [3.05, 3.63) is 75.5 Å². The summed E-state index contributed by atoms with van der Waals surface area (Å²) < 4.78 is 47.4. The standard InChI is InChI=1S/C39H49F2N7O5/c1-24-8-9-29(31(38(4,5)37(49)50)28-10-15-48-33(26(28)3)44-45-34(48)32(40)41)42-30(24)22-47-21-27-20-25(2)35(52-19-16-46-13-6-7-14-46)43-36(27)53-39(23-47)11-17-51-18-12-39/h8-10,15,20,31-32H,6-7,11-14,16-19,21-23H2,1-5H3,(H,49,50)/t31-/m1/s1. The molecular weight excluding hydrogens is 684 g/mol. The monoisotopic (exact) mass is 733 g/mol. The van der Waals surface area contributed by atoms with Gasteiger partial charge in [0, 0.05) is 68.0 Å². The fourth-order valence-corrected chi connectivity index (χ4v) is 8.06. The van der Waals surface area contributed by atoms with Crippen LogP contribution in [0.15, 0.2) is 30.5 Å². The van der Waals surface area contributed by atoms with Crippen LogP contribution in [0, 0.1) is 26.2 Å². The molecule has 0 unspecified atom stereocenters. The van der Waals surface area contributed by atoms with Crippen molar-refractivity contribution in [2.24, 2.45) is 5.41 Å². The third kappa shape index (κ3) is 7.45. The van der Waals surface area contributed by atoms with E-state index in [1.165, 1.54) is 23.4 Å². The van der Waals surface area contributed by atoms with Gasteiger partial charge in [-0.1, -0.05) is 6.07 Å². The van der Waals surface area contributed by atoms with Gasteiger partial charge in [0.2, 0.25) is 17.6 Å². The summed E-state index contributed by atoms with van der Waals surface area (Å²) >= 11 is 0. The minimum atomic E-state index is -2.81. The maximum absolute atomic E-state index is 13.7. The molecule has 284 valence electrons. The van der Waals surface area contributed by atoms with Crippen molar-refractivity contribution in [1.82, 2.24) is 34.4 Å². The van der Waals surface area contributed by atoms with E-state index in [-0.39, 0.29) is 5.65 Å². The first kappa shape index (κ1) is 37.1. The number of likely N-dealkylation sites (tertiary alicyclic amines) is 1. The number of halogens is 2. The van der Waals surface area contributed by atoms with Gasteiger partial charge in [0.15, 0.2) is 5.65 Å². The van der Waals surface area contributed by atoms with Crippen molar-refractivity contribution >= 4 is 11.6 Å². The van der Waals surface area contributed by atoms with Crippen molar-refractivity contribution in [2.45, 2.75) is 91.3 Å². The van der Waals surface area contributed by atoms with Crippen LogP contribution in [0.3, 0.4) is 0 Å². The molecule has 3 aliphatic heterocycles. The van der Waals surface area contributed by atoms with Crippen LogP contribution in [0.2, 0.25) is 0 Å². The number of pyridine rings is 3. The third-order valence-corrected chi connectivity index (χ3v) is 11.2.